The van der Waals surface area contributed by atoms with Crippen molar-refractivity contribution in [1.29, 1.82) is 0 Å². The van der Waals surface area contributed by atoms with Crippen molar-refractivity contribution < 1.29 is 13.9 Å². The average molecular weight is 387 g/mol. The van der Waals surface area contributed by atoms with Crippen LogP contribution in [0.5, 0.6) is 5.75 Å². The summed E-state index contributed by atoms with van der Waals surface area (Å²) in [6.45, 7) is 2.34. The Morgan fingerprint density at radius 1 is 1.33 bits per heavy atom. The highest BCUT2D eigenvalue weighted by Gasteiger charge is 2.20. The second-order valence-electron chi connectivity index (χ2n) is 5.80. The van der Waals surface area contributed by atoms with Gasteiger partial charge in [0, 0.05) is 6.54 Å². The summed E-state index contributed by atoms with van der Waals surface area (Å²) in [6.07, 6.45) is 2.28. The number of nitrogens with two attached hydrogens (primary N) is 1. The number of benzene rings is 1. The molecule has 1 aromatic carbocycles. The van der Waals surface area contributed by atoms with E-state index in [1.165, 1.54) is 22.7 Å². The number of nitrogens with one attached hydrogen (secondary N) is 1. The maximum atomic E-state index is 12.3. The first-order chi connectivity index (χ1) is 13.1. The smallest absolute Gasteiger partial charge is 0.233 e. The standard InChI is InChI=1S/C18H21N5O3S/c1-12(17(24)20-10-9-13-5-7-14(25-2)8-6-13)27-18-22-21-16(23(18)19)15-4-3-11-26-15/h3-8,11-12H,9-10,19H2,1-2H3,(H,20,24)/t12-/m1/s1. The number of nitrogen functional groups attached to an aromatic ring is 1. The molecule has 2 heterocycles. The normalized spacial score (nSPS) is 11.9. The number of amides is 1. The Kier molecular flexibility index (Phi) is 6.02. The number of ether oxygens (including phenoxy) is 1. The van der Waals surface area contributed by atoms with Crippen LogP contribution >= 0.6 is 11.8 Å². The van der Waals surface area contributed by atoms with Crippen molar-refractivity contribution in [1.82, 2.24) is 20.2 Å². The number of furan rings is 1. The predicted molar refractivity (Wildman–Crippen MR) is 103 cm³/mol. The van der Waals surface area contributed by atoms with E-state index in [4.69, 9.17) is 15.0 Å². The molecule has 1 amide bonds. The number of carbonyl (C=O) groups is 1. The van der Waals surface area contributed by atoms with Crippen molar-refractivity contribution in [2.75, 3.05) is 19.5 Å². The van der Waals surface area contributed by atoms with Gasteiger partial charge in [0.15, 0.2) is 5.76 Å². The largest absolute Gasteiger partial charge is 0.497 e. The van der Waals surface area contributed by atoms with E-state index in [9.17, 15) is 4.79 Å². The SMILES string of the molecule is COc1ccc(CCNC(=O)[C@@H](C)Sc2nnc(-c3ccco3)n2N)cc1. The minimum Gasteiger partial charge on any atom is -0.497 e. The fourth-order valence-corrected chi connectivity index (χ4v) is 3.20. The van der Waals surface area contributed by atoms with Crippen LogP contribution in [-0.4, -0.2) is 39.7 Å². The fraction of sp³-hybridized carbons (Fsp3) is 0.278. The van der Waals surface area contributed by atoms with Gasteiger partial charge >= 0.3 is 0 Å². The molecule has 0 saturated carbocycles. The van der Waals surface area contributed by atoms with Gasteiger partial charge in [0.2, 0.25) is 16.9 Å². The van der Waals surface area contributed by atoms with Gasteiger partial charge in [0.1, 0.15) is 5.75 Å². The van der Waals surface area contributed by atoms with E-state index in [0.29, 0.717) is 23.3 Å². The summed E-state index contributed by atoms with van der Waals surface area (Å²) in [5, 5.41) is 11.1. The lowest BCUT2D eigenvalue weighted by atomic mass is 10.1. The fourth-order valence-electron chi connectivity index (χ4n) is 2.41. The van der Waals surface area contributed by atoms with E-state index in [1.807, 2.05) is 24.3 Å². The van der Waals surface area contributed by atoms with E-state index < -0.39 is 0 Å². The molecular formula is C18H21N5O3S. The molecule has 0 unspecified atom stereocenters. The molecule has 0 aliphatic carbocycles. The number of hydrogen-bond acceptors (Lipinski definition) is 7. The monoisotopic (exact) mass is 387 g/mol. The second-order valence-corrected chi connectivity index (χ2v) is 7.11. The Labute approximate surface area is 161 Å². The van der Waals surface area contributed by atoms with Crippen LogP contribution in [0.15, 0.2) is 52.2 Å². The number of thioether (sulfide) groups is 1. The molecule has 8 nitrogen and oxygen atoms in total. The maximum Gasteiger partial charge on any atom is 0.233 e. The van der Waals surface area contributed by atoms with E-state index in [0.717, 1.165) is 17.7 Å². The summed E-state index contributed by atoms with van der Waals surface area (Å²) >= 11 is 1.24. The second kappa shape index (κ2) is 8.63. The van der Waals surface area contributed by atoms with Gasteiger partial charge in [-0.25, -0.2) is 4.68 Å². The summed E-state index contributed by atoms with van der Waals surface area (Å²) in [6, 6.07) is 11.3. The third kappa shape index (κ3) is 4.62. The van der Waals surface area contributed by atoms with Crippen LogP contribution in [0.1, 0.15) is 12.5 Å². The van der Waals surface area contributed by atoms with Crippen LogP contribution in [0.2, 0.25) is 0 Å². The average Bonchev–Trinajstić information content (AvgIpc) is 3.32. The van der Waals surface area contributed by atoms with Gasteiger partial charge < -0.3 is 20.3 Å². The van der Waals surface area contributed by atoms with E-state index in [2.05, 4.69) is 15.5 Å². The van der Waals surface area contributed by atoms with Crippen molar-refractivity contribution in [3.05, 3.63) is 48.2 Å². The molecule has 0 aliphatic rings. The number of methoxy groups -OCH3 is 1. The summed E-state index contributed by atoms with van der Waals surface area (Å²) in [5.41, 5.74) is 1.13. The molecule has 9 heteroatoms. The van der Waals surface area contributed by atoms with Gasteiger partial charge in [0.25, 0.3) is 0 Å². The number of rotatable bonds is 8. The zero-order valence-corrected chi connectivity index (χ0v) is 15.9. The Hall–Kier alpha value is -2.94. The van der Waals surface area contributed by atoms with Crippen molar-refractivity contribution in [3.63, 3.8) is 0 Å². The molecule has 0 spiro atoms. The minimum atomic E-state index is -0.364. The minimum absolute atomic E-state index is 0.0870. The lowest BCUT2D eigenvalue weighted by molar-refractivity contribution is -0.120. The summed E-state index contributed by atoms with van der Waals surface area (Å²) < 4.78 is 11.7. The Morgan fingerprint density at radius 3 is 2.78 bits per heavy atom. The van der Waals surface area contributed by atoms with Crippen molar-refractivity contribution in [2.45, 2.75) is 23.8 Å². The highest BCUT2D eigenvalue weighted by Crippen LogP contribution is 2.24. The number of nitrogens with zero attached hydrogens (tertiary/aromatic N) is 3. The van der Waals surface area contributed by atoms with E-state index in [-0.39, 0.29) is 11.2 Å². The van der Waals surface area contributed by atoms with Crippen LogP contribution in [0.4, 0.5) is 0 Å². The van der Waals surface area contributed by atoms with Crippen molar-refractivity contribution in [3.8, 4) is 17.3 Å². The zero-order valence-electron chi connectivity index (χ0n) is 15.1. The first kappa shape index (κ1) is 18.8. The summed E-state index contributed by atoms with van der Waals surface area (Å²) in [5.74, 6) is 7.67. The lowest BCUT2D eigenvalue weighted by Gasteiger charge is -2.11. The zero-order chi connectivity index (χ0) is 19.2. The first-order valence-electron chi connectivity index (χ1n) is 8.40. The van der Waals surface area contributed by atoms with Crippen LogP contribution in [0.25, 0.3) is 11.6 Å². The molecular weight excluding hydrogens is 366 g/mol. The van der Waals surface area contributed by atoms with Crippen molar-refractivity contribution >= 4 is 17.7 Å². The topological polar surface area (TPSA) is 108 Å². The van der Waals surface area contributed by atoms with Gasteiger partial charge in [-0.1, -0.05) is 23.9 Å². The van der Waals surface area contributed by atoms with Gasteiger partial charge in [0.05, 0.1) is 18.6 Å². The third-order valence-corrected chi connectivity index (χ3v) is 4.99. The van der Waals surface area contributed by atoms with Gasteiger partial charge in [-0.05, 0) is 43.2 Å². The molecule has 0 bridgehead atoms. The Morgan fingerprint density at radius 2 is 2.11 bits per heavy atom. The molecule has 3 rings (SSSR count). The maximum absolute atomic E-state index is 12.3. The molecule has 1 atom stereocenters. The molecule has 0 aliphatic heterocycles. The highest BCUT2D eigenvalue weighted by atomic mass is 32.2. The summed E-state index contributed by atoms with van der Waals surface area (Å²) in [4.78, 5) is 12.3. The van der Waals surface area contributed by atoms with Crippen LogP contribution < -0.4 is 15.9 Å². The summed E-state index contributed by atoms with van der Waals surface area (Å²) in [7, 11) is 1.63. The molecule has 27 heavy (non-hydrogen) atoms. The molecule has 0 saturated heterocycles. The van der Waals surface area contributed by atoms with E-state index in [1.54, 1.807) is 26.2 Å². The van der Waals surface area contributed by atoms with Gasteiger partial charge in [-0.3, -0.25) is 4.79 Å². The molecule has 3 N–H and O–H groups in total. The quantitative estimate of drug-likeness (QED) is 0.450. The Balaban J connectivity index is 1.50. The number of hydrogen-bond donors (Lipinski definition) is 2. The molecule has 0 fully saturated rings. The third-order valence-electron chi connectivity index (χ3n) is 3.93. The molecule has 0 radical (unpaired) electrons. The van der Waals surface area contributed by atoms with Crippen LogP contribution in [0.3, 0.4) is 0 Å². The highest BCUT2D eigenvalue weighted by molar-refractivity contribution is 8.00. The molecule has 142 valence electrons. The molecule has 2 aromatic heterocycles. The Bertz CT molecular complexity index is 877. The predicted octanol–water partition coefficient (Wildman–Crippen LogP) is 2.10. The van der Waals surface area contributed by atoms with Crippen LogP contribution in [-0.2, 0) is 11.2 Å². The van der Waals surface area contributed by atoms with E-state index >= 15 is 0 Å². The first-order valence-corrected chi connectivity index (χ1v) is 9.28. The van der Waals surface area contributed by atoms with Crippen molar-refractivity contribution in [2.24, 2.45) is 0 Å². The number of carbonyl (C=O) groups excluding carboxylic acids is 1. The number of aromatic nitrogens is 3. The van der Waals surface area contributed by atoms with Gasteiger partial charge in [-0.15, -0.1) is 10.2 Å². The van der Waals surface area contributed by atoms with Gasteiger partial charge in [-0.2, -0.15) is 0 Å². The molecule has 3 aromatic rings. The lowest BCUT2D eigenvalue weighted by Crippen LogP contribution is -2.32. The van der Waals surface area contributed by atoms with Crippen LogP contribution in [0, 0.1) is 0 Å².